The molecule has 2 aromatic rings. The van der Waals surface area contributed by atoms with E-state index in [1.165, 1.54) is 19.2 Å². The van der Waals surface area contributed by atoms with E-state index >= 15 is 0 Å². The Balaban J connectivity index is 1.36. The van der Waals surface area contributed by atoms with Gasteiger partial charge < -0.3 is 13.9 Å². The van der Waals surface area contributed by atoms with Crippen molar-refractivity contribution in [1.29, 1.82) is 0 Å². The normalized spacial score (nSPS) is 27.1. The molecule has 0 bridgehead atoms. The van der Waals surface area contributed by atoms with Gasteiger partial charge in [0, 0.05) is 19.1 Å². The molecule has 4 rings (SSSR count). The summed E-state index contributed by atoms with van der Waals surface area (Å²) in [4.78, 5) is 10.9. The summed E-state index contributed by atoms with van der Waals surface area (Å²) in [6.45, 7) is 3.88. The van der Waals surface area contributed by atoms with Crippen molar-refractivity contribution < 1.29 is 13.9 Å². The van der Waals surface area contributed by atoms with Gasteiger partial charge in [-0.15, -0.1) is 0 Å². The van der Waals surface area contributed by atoms with Crippen molar-refractivity contribution in [3.05, 3.63) is 18.7 Å². The summed E-state index contributed by atoms with van der Waals surface area (Å²) in [5.74, 6) is 0.647. The lowest BCUT2D eigenvalue weighted by Crippen LogP contribution is -2.46. The topological polar surface area (TPSA) is 60.6 Å². The van der Waals surface area contributed by atoms with Crippen LogP contribution in [0.1, 0.15) is 25.7 Å². The molecule has 2 aliphatic rings. The molecule has 0 atom stereocenters. The van der Waals surface area contributed by atoms with Crippen molar-refractivity contribution in [2.75, 3.05) is 26.3 Å². The van der Waals surface area contributed by atoms with E-state index in [0.717, 1.165) is 44.5 Å². The second-order valence-corrected chi connectivity index (χ2v) is 6.01. The maximum absolute atomic E-state index is 6.11. The molecule has 3 heterocycles. The Kier molecular flexibility index (Phi) is 3.95. The number of fused-ring (bicyclic) bond motifs is 1. The Bertz CT molecular complexity index is 616. The molecule has 6 heteroatoms. The maximum atomic E-state index is 6.11. The summed E-state index contributed by atoms with van der Waals surface area (Å²) >= 11 is 0. The first-order chi connectivity index (χ1) is 10.9. The molecule has 0 aromatic carbocycles. The summed E-state index contributed by atoms with van der Waals surface area (Å²) < 4.78 is 16.8. The lowest BCUT2D eigenvalue weighted by Gasteiger charge is -2.38. The van der Waals surface area contributed by atoms with Gasteiger partial charge in [0.1, 0.15) is 17.8 Å². The van der Waals surface area contributed by atoms with Crippen LogP contribution in [0.25, 0.3) is 11.1 Å². The molecule has 0 amide bonds. The number of rotatable bonds is 3. The molecule has 0 N–H and O–H groups in total. The van der Waals surface area contributed by atoms with Crippen LogP contribution in [0.5, 0.6) is 5.88 Å². The highest BCUT2D eigenvalue weighted by molar-refractivity contribution is 5.78. The monoisotopic (exact) mass is 303 g/mol. The number of nitrogens with zero attached hydrogens (tertiary/aromatic N) is 3. The van der Waals surface area contributed by atoms with E-state index in [0.29, 0.717) is 17.6 Å². The standard InChI is InChI=1S/C16H21N3O3/c1-3-13(4-2-12(1)19-6-9-20-10-7-19)22-16-14-5-8-21-15(14)17-11-18-16/h5,8,11-13H,1-4,6-7,9-10H2/t12-,13-. The molecule has 118 valence electrons. The Hall–Kier alpha value is -1.66. The zero-order chi connectivity index (χ0) is 14.8. The number of furan rings is 1. The number of morpholine rings is 1. The first kappa shape index (κ1) is 14.0. The minimum Gasteiger partial charge on any atom is -0.474 e. The minimum absolute atomic E-state index is 0.241. The number of hydrogen-bond acceptors (Lipinski definition) is 6. The third-order valence-electron chi connectivity index (χ3n) is 4.71. The summed E-state index contributed by atoms with van der Waals surface area (Å²) in [6.07, 6.45) is 7.89. The van der Waals surface area contributed by atoms with Crippen LogP contribution in [0.15, 0.2) is 23.1 Å². The van der Waals surface area contributed by atoms with Crippen molar-refractivity contribution in [2.45, 2.75) is 37.8 Å². The molecular weight excluding hydrogens is 282 g/mol. The highest BCUT2D eigenvalue weighted by Crippen LogP contribution is 2.29. The van der Waals surface area contributed by atoms with Crippen molar-refractivity contribution in [2.24, 2.45) is 0 Å². The van der Waals surface area contributed by atoms with Gasteiger partial charge in [0.25, 0.3) is 0 Å². The maximum Gasteiger partial charge on any atom is 0.232 e. The average molecular weight is 303 g/mol. The number of aromatic nitrogens is 2. The largest absolute Gasteiger partial charge is 0.474 e. The molecule has 1 saturated carbocycles. The third kappa shape index (κ3) is 2.80. The zero-order valence-electron chi connectivity index (χ0n) is 12.6. The Morgan fingerprint density at radius 1 is 1.09 bits per heavy atom. The molecule has 2 fully saturated rings. The van der Waals surface area contributed by atoms with E-state index < -0.39 is 0 Å². The first-order valence-corrected chi connectivity index (χ1v) is 8.07. The molecule has 2 aromatic heterocycles. The second-order valence-electron chi connectivity index (χ2n) is 6.01. The highest BCUT2D eigenvalue weighted by atomic mass is 16.5. The summed E-state index contributed by atoms with van der Waals surface area (Å²) in [5.41, 5.74) is 0.590. The van der Waals surface area contributed by atoms with E-state index in [4.69, 9.17) is 13.9 Å². The summed E-state index contributed by atoms with van der Waals surface area (Å²) in [7, 11) is 0. The van der Waals surface area contributed by atoms with Gasteiger partial charge in [-0.1, -0.05) is 0 Å². The minimum atomic E-state index is 0.241. The fourth-order valence-corrected chi connectivity index (χ4v) is 3.49. The fourth-order valence-electron chi connectivity index (χ4n) is 3.49. The van der Waals surface area contributed by atoms with E-state index in [1.54, 1.807) is 6.26 Å². The van der Waals surface area contributed by atoms with Gasteiger partial charge in [0.2, 0.25) is 11.6 Å². The van der Waals surface area contributed by atoms with Crippen LogP contribution in [0.2, 0.25) is 0 Å². The van der Waals surface area contributed by atoms with Crippen molar-refractivity contribution in [3.8, 4) is 5.88 Å². The highest BCUT2D eigenvalue weighted by Gasteiger charge is 2.28. The fraction of sp³-hybridized carbons (Fsp3) is 0.625. The van der Waals surface area contributed by atoms with E-state index in [-0.39, 0.29) is 6.10 Å². The van der Waals surface area contributed by atoms with Crippen LogP contribution in [0.3, 0.4) is 0 Å². The Morgan fingerprint density at radius 2 is 1.91 bits per heavy atom. The van der Waals surface area contributed by atoms with Crippen LogP contribution in [-0.2, 0) is 4.74 Å². The molecule has 0 spiro atoms. The van der Waals surface area contributed by atoms with Crippen LogP contribution >= 0.6 is 0 Å². The van der Waals surface area contributed by atoms with Gasteiger partial charge in [-0.3, -0.25) is 4.90 Å². The van der Waals surface area contributed by atoms with Crippen LogP contribution in [0, 0.1) is 0 Å². The molecule has 0 unspecified atom stereocenters. The van der Waals surface area contributed by atoms with Crippen LogP contribution in [-0.4, -0.2) is 53.3 Å². The molecule has 6 nitrogen and oxygen atoms in total. The van der Waals surface area contributed by atoms with E-state index in [2.05, 4.69) is 14.9 Å². The van der Waals surface area contributed by atoms with Gasteiger partial charge in [-0.05, 0) is 31.7 Å². The van der Waals surface area contributed by atoms with Crippen molar-refractivity contribution in [1.82, 2.24) is 14.9 Å². The van der Waals surface area contributed by atoms with E-state index in [9.17, 15) is 0 Å². The SMILES string of the molecule is c1nc(O[C@H]2CC[C@H](N3CCOCC3)CC2)c2ccoc2n1. The molecular formula is C16H21N3O3. The van der Waals surface area contributed by atoms with Crippen molar-refractivity contribution in [3.63, 3.8) is 0 Å². The number of hydrogen-bond donors (Lipinski definition) is 0. The van der Waals surface area contributed by atoms with Gasteiger partial charge in [-0.2, -0.15) is 0 Å². The summed E-state index contributed by atoms with van der Waals surface area (Å²) in [5, 5.41) is 0.859. The smallest absolute Gasteiger partial charge is 0.232 e. The molecule has 1 saturated heterocycles. The molecule has 22 heavy (non-hydrogen) atoms. The van der Waals surface area contributed by atoms with Gasteiger partial charge in [0.05, 0.1) is 19.5 Å². The predicted octanol–water partition coefficient (Wildman–Crippen LogP) is 2.25. The third-order valence-corrected chi connectivity index (χ3v) is 4.71. The Morgan fingerprint density at radius 3 is 2.73 bits per heavy atom. The lowest BCUT2D eigenvalue weighted by molar-refractivity contribution is -0.00126. The first-order valence-electron chi connectivity index (χ1n) is 8.07. The molecule has 1 aliphatic heterocycles. The molecule has 1 aliphatic carbocycles. The number of ether oxygens (including phenoxy) is 2. The molecule has 0 radical (unpaired) electrons. The summed E-state index contributed by atoms with van der Waals surface area (Å²) in [6, 6.07) is 2.55. The second kappa shape index (κ2) is 6.22. The Labute approximate surface area is 129 Å². The van der Waals surface area contributed by atoms with E-state index in [1.807, 2.05) is 6.07 Å². The van der Waals surface area contributed by atoms with Gasteiger partial charge >= 0.3 is 0 Å². The predicted molar refractivity (Wildman–Crippen MR) is 80.9 cm³/mol. The van der Waals surface area contributed by atoms with Crippen LogP contribution < -0.4 is 4.74 Å². The van der Waals surface area contributed by atoms with Gasteiger partial charge in [0.15, 0.2) is 0 Å². The quantitative estimate of drug-likeness (QED) is 0.866. The zero-order valence-corrected chi connectivity index (χ0v) is 12.6. The van der Waals surface area contributed by atoms with Crippen molar-refractivity contribution >= 4 is 11.1 Å². The average Bonchev–Trinajstić information content (AvgIpc) is 3.06. The van der Waals surface area contributed by atoms with Crippen LogP contribution in [0.4, 0.5) is 0 Å². The van der Waals surface area contributed by atoms with Gasteiger partial charge in [-0.25, -0.2) is 9.97 Å². The lowest BCUT2D eigenvalue weighted by atomic mass is 9.91.